The van der Waals surface area contributed by atoms with E-state index in [0.29, 0.717) is 29.4 Å². The summed E-state index contributed by atoms with van der Waals surface area (Å²) in [7, 11) is -4.98. The van der Waals surface area contributed by atoms with Gasteiger partial charge in [-0.3, -0.25) is 24.3 Å². The molecule has 3 aromatic rings. The molecule has 1 heterocycles. The van der Waals surface area contributed by atoms with Crippen LogP contribution in [0.1, 0.15) is 77.9 Å². The molecular weight excluding hydrogens is 673 g/mol. The number of nitrogens with two attached hydrogens (primary N) is 1. The summed E-state index contributed by atoms with van der Waals surface area (Å²) in [5.74, 6) is -1.18. The van der Waals surface area contributed by atoms with Crippen LogP contribution in [0.2, 0.25) is 0 Å². The largest absolute Gasteiger partial charge is 0.492 e. The molecule has 0 radical (unpaired) electrons. The Labute approximate surface area is 281 Å². The second kappa shape index (κ2) is 16.5. The molecular formula is C32H38ClF2N4O8P. The van der Waals surface area contributed by atoms with E-state index in [1.807, 2.05) is 0 Å². The molecule has 12 nitrogen and oxygen atoms in total. The number of furan rings is 1. The topological polar surface area (TPSA) is 176 Å². The summed E-state index contributed by atoms with van der Waals surface area (Å²) in [4.78, 5) is 35.1. The normalized spacial score (nSPS) is 15.8. The third-order valence-corrected chi connectivity index (χ3v) is 10.3. The third kappa shape index (κ3) is 9.40. The quantitative estimate of drug-likeness (QED) is 0.0579. The van der Waals surface area contributed by atoms with Crippen molar-refractivity contribution in [2.24, 2.45) is 11.7 Å². The Hall–Kier alpha value is -3.84. The van der Waals surface area contributed by atoms with Crippen LogP contribution >= 0.6 is 19.1 Å². The molecule has 1 aliphatic rings. The lowest BCUT2D eigenvalue weighted by molar-refractivity contribution is -0.402. The Morgan fingerprint density at radius 2 is 1.85 bits per heavy atom. The standard InChI is InChI=1S/C32H38ClF2N4O8P/c1-21(24-9-13-28(27(18-24)31(36)41)45-19-23-5-3-2-4-6-23)38-29(40)17-22-7-10-25(11-8-22)32(34,35)48(44,37-16-15-33)46-20-26-12-14-30(47-26)39(42)43/h7-14,18,21,23H,2-6,15-17,19-20H2,1H3,(H2,36,41)(H,37,44)(H,38,40). The SMILES string of the molecule is CC(NC(=O)Cc1ccc(C(F)(F)P(=O)(NCCCl)OCc2ccc([N+](=O)[O-])o2)cc1)c1ccc(OCC2CCCCC2)c(C(N)=O)c1. The molecule has 0 aliphatic heterocycles. The highest BCUT2D eigenvalue weighted by atomic mass is 35.5. The Bertz CT molecular complexity index is 1630. The van der Waals surface area contributed by atoms with Crippen LogP contribution in [0.15, 0.2) is 59.0 Å². The molecule has 0 saturated heterocycles. The van der Waals surface area contributed by atoms with Gasteiger partial charge in [0.25, 0.3) is 5.91 Å². The van der Waals surface area contributed by atoms with Gasteiger partial charge in [0.1, 0.15) is 23.0 Å². The summed E-state index contributed by atoms with van der Waals surface area (Å²) in [6, 6.07) is 11.3. The van der Waals surface area contributed by atoms with Gasteiger partial charge in [0, 0.05) is 18.0 Å². The Balaban J connectivity index is 1.38. The lowest BCUT2D eigenvalue weighted by atomic mass is 9.90. The van der Waals surface area contributed by atoms with Crippen molar-refractivity contribution in [2.75, 3.05) is 19.0 Å². The van der Waals surface area contributed by atoms with Gasteiger partial charge in [-0.25, -0.2) is 5.09 Å². The van der Waals surface area contributed by atoms with Crippen molar-refractivity contribution in [2.45, 2.75) is 63.8 Å². The first-order valence-electron chi connectivity index (χ1n) is 15.4. The number of primary amides is 1. The van der Waals surface area contributed by atoms with Gasteiger partial charge < -0.3 is 24.7 Å². The average molecular weight is 711 g/mol. The number of hydrogen-bond acceptors (Lipinski definition) is 8. The molecule has 2 amide bonds. The predicted octanol–water partition coefficient (Wildman–Crippen LogP) is 6.95. The van der Waals surface area contributed by atoms with Gasteiger partial charge in [0.2, 0.25) is 5.91 Å². The van der Waals surface area contributed by atoms with E-state index in [4.69, 9.17) is 31.0 Å². The van der Waals surface area contributed by atoms with Gasteiger partial charge >= 0.3 is 19.1 Å². The zero-order valence-electron chi connectivity index (χ0n) is 26.3. The number of nitrogens with zero attached hydrogens (tertiary/aromatic N) is 1. The number of rotatable bonds is 17. The number of ether oxygens (including phenoxy) is 1. The van der Waals surface area contributed by atoms with Crippen molar-refractivity contribution in [3.8, 4) is 5.75 Å². The summed E-state index contributed by atoms with van der Waals surface area (Å²) in [6.07, 6.45) is 5.57. The fourth-order valence-electron chi connectivity index (χ4n) is 5.36. The smallest absolute Gasteiger partial charge is 0.433 e. The van der Waals surface area contributed by atoms with Gasteiger partial charge in [-0.1, -0.05) is 49.6 Å². The van der Waals surface area contributed by atoms with Crippen molar-refractivity contribution in [1.29, 1.82) is 0 Å². The number of benzene rings is 2. The molecule has 4 N–H and O–H groups in total. The van der Waals surface area contributed by atoms with E-state index in [-0.39, 0.29) is 30.2 Å². The number of halogens is 3. The van der Waals surface area contributed by atoms with Crippen LogP contribution in [0, 0.1) is 16.0 Å². The van der Waals surface area contributed by atoms with Gasteiger partial charge in [0.15, 0.2) is 0 Å². The molecule has 0 bridgehead atoms. The molecule has 1 aromatic heterocycles. The van der Waals surface area contributed by atoms with Crippen LogP contribution < -0.4 is 20.9 Å². The minimum atomic E-state index is -4.98. The number of nitro groups is 1. The van der Waals surface area contributed by atoms with E-state index in [1.54, 1.807) is 25.1 Å². The van der Waals surface area contributed by atoms with Gasteiger partial charge in [-0.05, 0) is 55.0 Å². The molecule has 2 atom stereocenters. The minimum absolute atomic E-state index is 0.149. The van der Waals surface area contributed by atoms with E-state index in [2.05, 4.69) is 10.4 Å². The second-order valence-electron chi connectivity index (χ2n) is 11.6. The maximum Gasteiger partial charge on any atom is 0.433 e. The molecule has 48 heavy (non-hydrogen) atoms. The van der Waals surface area contributed by atoms with E-state index in [9.17, 15) is 24.3 Å². The molecule has 0 spiro atoms. The fourth-order valence-corrected chi connectivity index (χ4v) is 7.25. The highest BCUT2D eigenvalue weighted by Crippen LogP contribution is 2.63. The monoisotopic (exact) mass is 710 g/mol. The third-order valence-electron chi connectivity index (χ3n) is 8.01. The lowest BCUT2D eigenvalue weighted by Gasteiger charge is -2.27. The van der Waals surface area contributed by atoms with Crippen LogP contribution in [-0.4, -0.2) is 35.8 Å². The predicted molar refractivity (Wildman–Crippen MR) is 174 cm³/mol. The van der Waals surface area contributed by atoms with Gasteiger partial charge in [0.05, 0.1) is 30.7 Å². The molecule has 16 heteroatoms. The molecule has 260 valence electrons. The molecule has 4 rings (SSSR count). The van der Waals surface area contributed by atoms with Crippen LogP contribution in [0.4, 0.5) is 14.7 Å². The van der Waals surface area contributed by atoms with Crippen LogP contribution in [-0.2, 0) is 32.6 Å². The number of nitrogens with one attached hydrogen (secondary N) is 2. The summed E-state index contributed by atoms with van der Waals surface area (Å²) in [6.45, 7) is 1.23. The Morgan fingerprint density at radius 1 is 1.15 bits per heavy atom. The highest BCUT2D eigenvalue weighted by molar-refractivity contribution is 7.57. The summed E-state index contributed by atoms with van der Waals surface area (Å²) < 4.78 is 60.6. The van der Waals surface area contributed by atoms with Crippen LogP contribution in [0.5, 0.6) is 5.75 Å². The molecule has 1 fully saturated rings. The van der Waals surface area contributed by atoms with Gasteiger partial charge in [-0.2, -0.15) is 8.78 Å². The van der Waals surface area contributed by atoms with Crippen molar-refractivity contribution < 1.29 is 41.5 Å². The van der Waals surface area contributed by atoms with E-state index in [1.165, 1.54) is 18.6 Å². The number of amides is 2. The maximum absolute atomic E-state index is 15.6. The van der Waals surface area contributed by atoms with Crippen molar-refractivity contribution in [3.63, 3.8) is 0 Å². The van der Waals surface area contributed by atoms with Crippen molar-refractivity contribution in [3.05, 3.63) is 92.7 Å². The first-order valence-corrected chi connectivity index (χ1v) is 17.6. The zero-order chi connectivity index (χ0) is 34.9. The number of carbonyl (C=O) groups excluding carboxylic acids is 2. The zero-order valence-corrected chi connectivity index (χ0v) is 27.9. The van der Waals surface area contributed by atoms with Crippen molar-refractivity contribution in [1.82, 2.24) is 10.4 Å². The number of hydrogen-bond donors (Lipinski definition) is 3. The second-order valence-corrected chi connectivity index (χ2v) is 14.2. The molecule has 2 aromatic carbocycles. The van der Waals surface area contributed by atoms with Crippen molar-refractivity contribution >= 4 is 36.8 Å². The first-order chi connectivity index (χ1) is 22.8. The Kier molecular flexibility index (Phi) is 12.7. The Morgan fingerprint density at radius 3 is 2.48 bits per heavy atom. The van der Waals surface area contributed by atoms with Gasteiger partial charge in [-0.15, -0.1) is 11.6 Å². The first kappa shape index (κ1) is 37.0. The molecule has 1 aliphatic carbocycles. The number of alkyl halides is 3. The maximum atomic E-state index is 15.6. The lowest BCUT2D eigenvalue weighted by Crippen LogP contribution is -2.29. The number of carbonyl (C=O) groups is 2. The van der Waals surface area contributed by atoms with E-state index in [0.717, 1.165) is 49.9 Å². The minimum Gasteiger partial charge on any atom is -0.492 e. The highest BCUT2D eigenvalue weighted by Gasteiger charge is 2.53. The fraction of sp³-hybridized carbons (Fsp3) is 0.438. The van der Waals surface area contributed by atoms with Crippen LogP contribution in [0.25, 0.3) is 0 Å². The average Bonchev–Trinajstić information content (AvgIpc) is 3.56. The molecule has 1 saturated carbocycles. The molecule has 2 unspecified atom stereocenters. The summed E-state index contributed by atoms with van der Waals surface area (Å²) >= 11 is 5.63. The van der Waals surface area contributed by atoms with E-state index < -0.39 is 54.0 Å². The summed E-state index contributed by atoms with van der Waals surface area (Å²) in [5.41, 5.74) is 2.17. The van der Waals surface area contributed by atoms with Crippen LogP contribution in [0.3, 0.4) is 0 Å². The summed E-state index contributed by atoms with van der Waals surface area (Å²) in [5, 5.41) is 15.9. The van der Waals surface area contributed by atoms with E-state index >= 15 is 8.78 Å².